The second-order valence-corrected chi connectivity index (χ2v) is 9.86. The van der Waals surface area contributed by atoms with E-state index in [-0.39, 0.29) is 23.5 Å². The van der Waals surface area contributed by atoms with Gasteiger partial charge in [-0.05, 0) is 60.4 Å². The molecule has 0 aromatic heterocycles. The zero-order valence-corrected chi connectivity index (χ0v) is 20.3. The van der Waals surface area contributed by atoms with Gasteiger partial charge in [-0.15, -0.1) is 0 Å². The first kappa shape index (κ1) is 24.1. The number of ketones is 2. The van der Waals surface area contributed by atoms with Gasteiger partial charge < -0.3 is 4.90 Å². The summed E-state index contributed by atoms with van der Waals surface area (Å²) < 4.78 is 0. The Bertz CT molecular complexity index is 1080. The molecular formula is C30H35NO3. The molecule has 34 heavy (non-hydrogen) atoms. The van der Waals surface area contributed by atoms with E-state index in [2.05, 4.69) is 37.8 Å². The number of allylic oxidation sites excluding steroid dienone is 1. The van der Waals surface area contributed by atoms with Crippen LogP contribution in [0.5, 0.6) is 0 Å². The predicted molar refractivity (Wildman–Crippen MR) is 135 cm³/mol. The van der Waals surface area contributed by atoms with E-state index in [1.807, 2.05) is 18.2 Å². The van der Waals surface area contributed by atoms with Crippen LogP contribution < -0.4 is 0 Å². The third-order valence-electron chi connectivity index (χ3n) is 7.13. The van der Waals surface area contributed by atoms with E-state index in [0.29, 0.717) is 44.2 Å². The lowest BCUT2D eigenvalue weighted by molar-refractivity contribution is -0.124. The van der Waals surface area contributed by atoms with Gasteiger partial charge in [-0.25, -0.2) is 0 Å². The van der Waals surface area contributed by atoms with Gasteiger partial charge in [0.2, 0.25) is 0 Å². The first-order chi connectivity index (χ1) is 16.4. The third kappa shape index (κ3) is 5.72. The van der Waals surface area contributed by atoms with Gasteiger partial charge >= 0.3 is 0 Å². The fraction of sp³-hybridized carbons (Fsp3) is 0.433. The molecule has 1 amide bonds. The monoisotopic (exact) mass is 457 g/mol. The van der Waals surface area contributed by atoms with Gasteiger partial charge in [-0.2, -0.15) is 0 Å². The lowest BCUT2D eigenvalue weighted by Crippen LogP contribution is -2.43. The van der Waals surface area contributed by atoms with Crippen LogP contribution in [0.4, 0.5) is 0 Å². The van der Waals surface area contributed by atoms with Crippen LogP contribution in [-0.2, 0) is 35.4 Å². The van der Waals surface area contributed by atoms with Crippen molar-refractivity contribution < 1.29 is 14.4 Å². The number of carbonyl (C=O) groups is 3. The molecule has 4 heteroatoms. The topological polar surface area (TPSA) is 54.5 Å². The van der Waals surface area contributed by atoms with Crippen molar-refractivity contribution in [3.8, 4) is 0 Å². The number of amides is 1. The first-order valence-corrected chi connectivity index (χ1v) is 12.7. The van der Waals surface area contributed by atoms with Crippen LogP contribution in [0.15, 0.2) is 54.6 Å². The van der Waals surface area contributed by atoms with E-state index in [1.165, 1.54) is 24.8 Å². The van der Waals surface area contributed by atoms with Crippen LogP contribution in [0, 0.1) is 0 Å². The Labute approximate surface area is 203 Å². The number of aryl methyl sites for hydroxylation is 2. The Morgan fingerprint density at radius 2 is 1.74 bits per heavy atom. The number of Topliss-reactive ketones (excluding diaryl/α,β-unsaturated/α-hetero) is 2. The van der Waals surface area contributed by atoms with Gasteiger partial charge in [-0.3, -0.25) is 14.4 Å². The van der Waals surface area contributed by atoms with E-state index in [9.17, 15) is 14.4 Å². The zero-order valence-electron chi connectivity index (χ0n) is 20.3. The predicted octanol–water partition coefficient (Wildman–Crippen LogP) is 5.80. The van der Waals surface area contributed by atoms with Crippen molar-refractivity contribution in [3.05, 3.63) is 82.4 Å². The molecule has 1 saturated carbocycles. The molecule has 0 bridgehead atoms. The fourth-order valence-corrected chi connectivity index (χ4v) is 5.09. The Morgan fingerprint density at radius 3 is 2.47 bits per heavy atom. The first-order valence-electron chi connectivity index (χ1n) is 12.7. The second kappa shape index (κ2) is 10.9. The molecule has 1 unspecified atom stereocenters. The summed E-state index contributed by atoms with van der Waals surface area (Å²) in [4.78, 5) is 39.7. The molecular weight excluding hydrogens is 422 g/mol. The van der Waals surface area contributed by atoms with E-state index >= 15 is 0 Å². The van der Waals surface area contributed by atoms with Gasteiger partial charge in [-0.1, -0.05) is 68.3 Å². The number of hydrogen-bond acceptors (Lipinski definition) is 3. The molecule has 0 saturated heterocycles. The van der Waals surface area contributed by atoms with E-state index in [4.69, 9.17) is 0 Å². The standard InChI is InChI=1S/C30H35NO3/c1-3-4-5-6-22-8-10-24(11-9-22)19-26(32)14-12-23-13-15-27-25(18-23)20-31(30(27)34)28-16-7-21(2)17-29(28)33/h8-11,13,15,18,28H,2-7,12,14,16-17,19-20H2,1H3. The molecule has 4 rings (SSSR count). The Kier molecular flexibility index (Phi) is 7.77. The van der Waals surface area contributed by atoms with Crippen LogP contribution in [-0.4, -0.2) is 28.4 Å². The lowest BCUT2D eigenvalue weighted by atomic mass is 9.90. The summed E-state index contributed by atoms with van der Waals surface area (Å²) in [5, 5.41) is 0. The minimum Gasteiger partial charge on any atom is -0.324 e. The van der Waals surface area contributed by atoms with Crippen LogP contribution in [0.3, 0.4) is 0 Å². The summed E-state index contributed by atoms with van der Waals surface area (Å²) in [6.07, 6.45) is 8.24. The van der Waals surface area contributed by atoms with Gasteiger partial charge in [0.1, 0.15) is 5.78 Å². The average Bonchev–Trinajstić information content (AvgIpc) is 3.14. The van der Waals surface area contributed by atoms with Gasteiger partial charge in [0.15, 0.2) is 5.78 Å². The maximum Gasteiger partial charge on any atom is 0.255 e. The Morgan fingerprint density at radius 1 is 1.00 bits per heavy atom. The molecule has 0 N–H and O–H groups in total. The molecule has 1 aliphatic carbocycles. The van der Waals surface area contributed by atoms with Crippen LogP contribution >= 0.6 is 0 Å². The molecule has 2 aromatic rings. The fourth-order valence-electron chi connectivity index (χ4n) is 5.09. The normalized spacial score (nSPS) is 17.9. The SMILES string of the molecule is C=C1CCC(N2Cc3cc(CCC(=O)Cc4ccc(CCCCC)cc4)ccc3C2=O)C(=O)C1. The van der Waals surface area contributed by atoms with Crippen LogP contribution in [0.25, 0.3) is 0 Å². The van der Waals surface area contributed by atoms with Crippen molar-refractivity contribution in [1.29, 1.82) is 0 Å². The number of benzene rings is 2. The maximum absolute atomic E-state index is 12.9. The summed E-state index contributed by atoms with van der Waals surface area (Å²) in [6.45, 7) is 6.61. The molecule has 178 valence electrons. The zero-order chi connectivity index (χ0) is 24.1. The highest BCUT2D eigenvalue weighted by Gasteiger charge is 2.37. The number of rotatable bonds is 10. The number of carbonyl (C=O) groups excluding carboxylic acids is 3. The summed E-state index contributed by atoms with van der Waals surface area (Å²) >= 11 is 0. The number of unbranched alkanes of at least 4 members (excludes halogenated alkanes) is 2. The Hall–Kier alpha value is -3.01. The summed E-state index contributed by atoms with van der Waals surface area (Å²) in [7, 11) is 0. The molecule has 0 spiro atoms. The van der Waals surface area contributed by atoms with Crippen molar-refractivity contribution in [3.63, 3.8) is 0 Å². The van der Waals surface area contributed by atoms with E-state index in [0.717, 1.165) is 35.1 Å². The van der Waals surface area contributed by atoms with Crippen LogP contribution in [0.1, 0.15) is 84.5 Å². The van der Waals surface area contributed by atoms with Crippen molar-refractivity contribution in [1.82, 2.24) is 4.90 Å². The highest BCUT2D eigenvalue weighted by atomic mass is 16.2. The number of nitrogens with zero attached hydrogens (tertiary/aromatic N) is 1. The van der Waals surface area contributed by atoms with Crippen molar-refractivity contribution in [2.75, 3.05) is 0 Å². The second-order valence-electron chi connectivity index (χ2n) is 9.86. The number of hydrogen-bond donors (Lipinski definition) is 0. The highest BCUT2D eigenvalue weighted by Crippen LogP contribution is 2.31. The molecule has 2 aliphatic rings. The van der Waals surface area contributed by atoms with E-state index < -0.39 is 0 Å². The van der Waals surface area contributed by atoms with Gasteiger partial charge in [0, 0.05) is 31.4 Å². The molecule has 4 nitrogen and oxygen atoms in total. The van der Waals surface area contributed by atoms with Gasteiger partial charge in [0.05, 0.1) is 6.04 Å². The smallest absolute Gasteiger partial charge is 0.255 e. The molecule has 0 radical (unpaired) electrons. The summed E-state index contributed by atoms with van der Waals surface area (Å²) in [5.74, 6) is 0.267. The molecule has 1 atom stereocenters. The minimum absolute atomic E-state index is 0.0540. The average molecular weight is 458 g/mol. The van der Waals surface area contributed by atoms with Crippen molar-refractivity contribution in [2.24, 2.45) is 0 Å². The molecule has 1 aliphatic heterocycles. The Balaban J connectivity index is 1.30. The largest absolute Gasteiger partial charge is 0.324 e. The molecule has 1 fully saturated rings. The molecule has 1 heterocycles. The van der Waals surface area contributed by atoms with Crippen molar-refractivity contribution >= 4 is 17.5 Å². The maximum atomic E-state index is 12.9. The van der Waals surface area contributed by atoms with Gasteiger partial charge in [0.25, 0.3) is 5.91 Å². The minimum atomic E-state index is -0.339. The summed E-state index contributed by atoms with van der Waals surface area (Å²) in [5.41, 5.74) is 6.08. The summed E-state index contributed by atoms with van der Waals surface area (Å²) in [6, 6.07) is 14.0. The number of fused-ring (bicyclic) bond motifs is 1. The van der Waals surface area contributed by atoms with Crippen LogP contribution in [0.2, 0.25) is 0 Å². The van der Waals surface area contributed by atoms with E-state index in [1.54, 1.807) is 4.90 Å². The third-order valence-corrected chi connectivity index (χ3v) is 7.13. The highest BCUT2D eigenvalue weighted by molar-refractivity contribution is 6.02. The molecule has 2 aromatic carbocycles. The van der Waals surface area contributed by atoms with Crippen molar-refractivity contribution in [2.45, 2.75) is 83.7 Å². The quantitative estimate of drug-likeness (QED) is 0.335. The lowest BCUT2D eigenvalue weighted by Gasteiger charge is -2.30.